The zero-order chi connectivity index (χ0) is 13.8. The van der Waals surface area contributed by atoms with Gasteiger partial charge in [0.25, 0.3) is 0 Å². The molecule has 2 rings (SSSR count). The summed E-state index contributed by atoms with van der Waals surface area (Å²) in [6.45, 7) is 7.22. The quantitative estimate of drug-likeness (QED) is 0.877. The molecule has 2 unspecified atom stereocenters. The second kappa shape index (κ2) is 6.20. The molecule has 0 bridgehead atoms. The lowest BCUT2D eigenvalue weighted by Crippen LogP contribution is -2.46. The van der Waals surface area contributed by atoms with Crippen LogP contribution in [0, 0.1) is 19.8 Å². The number of piperidine rings is 1. The van der Waals surface area contributed by atoms with Crippen LogP contribution in [0.5, 0.6) is 0 Å². The third kappa shape index (κ3) is 3.57. The second-order valence-corrected chi connectivity index (χ2v) is 5.61. The highest BCUT2D eigenvalue weighted by molar-refractivity contribution is 5.95. The summed E-state index contributed by atoms with van der Waals surface area (Å²) in [5.74, 6) is 0.780. The van der Waals surface area contributed by atoms with Crippen molar-refractivity contribution in [3.05, 3.63) is 29.3 Å². The van der Waals surface area contributed by atoms with Crippen molar-refractivity contribution in [3.63, 3.8) is 0 Å². The predicted molar refractivity (Wildman–Crippen MR) is 79.4 cm³/mol. The standard InChI is InChI=1S/C16H24N2O/c1-4-13-7-8-17-15(10-13)16(19)18-14-9-11(2)5-6-12(14)3/h5-6,9,13,15,17H,4,7-8,10H2,1-3H3,(H,18,19). The van der Waals surface area contributed by atoms with Crippen LogP contribution in [0.15, 0.2) is 18.2 Å². The molecule has 104 valence electrons. The summed E-state index contributed by atoms with van der Waals surface area (Å²) in [7, 11) is 0. The number of amides is 1. The molecule has 1 amide bonds. The molecule has 3 nitrogen and oxygen atoms in total. The number of hydrogen-bond donors (Lipinski definition) is 2. The lowest BCUT2D eigenvalue weighted by atomic mass is 9.90. The Labute approximate surface area is 115 Å². The van der Waals surface area contributed by atoms with Gasteiger partial charge in [0.1, 0.15) is 0 Å². The smallest absolute Gasteiger partial charge is 0.241 e. The molecule has 3 heteroatoms. The van der Waals surface area contributed by atoms with Crippen molar-refractivity contribution < 1.29 is 4.79 Å². The Morgan fingerprint density at radius 3 is 2.95 bits per heavy atom. The normalized spacial score (nSPS) is 23.1. The predicted octanol–water partition coefficient (Wildman–Crippen LogP) is 3.02. The van der Waals surface area contributed by atoms with Crippen molar-refractivity contribution in [2.75, 3.05) is 11.9 Å². The van der Waals surface area contributed by atoms with Crippen LogP contribution < -0.4 is 10.6 Å². The molecule has 2 atom stereocenters. The van der Waals surface area contributed by atoms with E-state index in [9.17, 15) is 4.79 Å². The summed E-state index contributed by atoms with van der Waals surface area (Å²) in [4.78, 5) is 12.3. The summed E-state index contributed by atoms with van der Waals surface area (Å²) >= 11 is 0. The van der Waals surface area contributed by atoms with Gasteiger partial charge in [-0.05, 0) is 56.3 Å². The molecule has 19 heavy (non-hydrogen) atoms. The first-order valence-electron chi connectivity index (χ1n) is 7.21. The number of hydrogen-bond acceptors (Lipinski definition) is 2. The summed E-state index contributed by atoms with van der Waals surface area (Å²) in [6.07, 6.45) is 3.30. The van der Waals surface area contributed by atoms with Crippen LogP contribution >= 0.6 is 0 Å². The number of nitrogens with one attached hydrogen (secondary N) is 2. The summed E-state index contributed by atoms with van der Waals surface area (Å²) in [5.41, 5.74) is 3.22. The summed E-state index contributed by atoms with van der Waals surface area (Å²) in [6, 6.07) is 6.11. The van der Waals surface area contributed by atoms with E-state index in [2.05, 4.69) is 23.6 Å². The van der Waals surface area contributed by atoms with Crippen LogP contribution in [-0.4, -0.2) is 18.5 Å². The molecule has 0 radical (unpaired) electrons. The Morgan fingerprint density at radius 1 is 1.42 bits per heavy atom. The largest absolute Gasteiger partial charge is 0.324 e. The molecule has 1 aromatic rings. The van der Waals surface area contributed by atoms with Gasteiger partial charge < -0.3 is 10.6 Å². The highest BCUT2D eigenvalue weighted by atomic mass is 16.2. The number of rotatable bonds is 3. The Balaban J connectivity index is 2.02. The SMILES string of the molecule is CCC1CCNC(C(=O)Nc2cc(C)ccc2C)C1. The van der Waals surface area contributed by atoms with Gasteiger partial charge in [-0.15, -0.1) is 0 Å². The minimum atomic E-state index is -0.0430. The van der Waals surface area contributed by atoms with Crippen LogP contribution in [0.25, 0.3) is 0 Å². The number of anilines is 1. The topological polar surface area (TPSA) is 41.1 Å². The molecule has 0 spiro atoms. The number of benzene rings is 1. The van der Waals surface area contributed by atoms with Crippen LogP contribution in [-0.2, 0) is 4.79 Å². The number of aryl methyl sites for hydroxylation is 2. The zero-order valence-electron chi connectivity index (χ0n) is 12.1. The average molecular weight is 260 g/mol. The third-order valence-electron chi connectivity index (χ3n) is 4.06. The molecule has 2 N–H and O–H groups in total. The maximum Gasteiger partial charge on any atom is 0.241 e. The van der Waals surface area contributed by atoms with Crippen LogP contribution in [0.4, 0.5) is 5.69 Å². The minimum absolute atomic E-state index is 0.0430. The molecule has 1 aliphatic rings. The fourth-order valence-electron chi connectivity index (χ4n) is 2.66. The van der Waals surface area contributed by atoms with Gasteiger partial charge in [0.05, 0.1) is 6.04 Å². The Hall–Kier alpha value is -1.35. The van der Waals surface area contributed by atoms with Gasteiger partial charge in [0.2, 0.25) is 5.91 Å². The van der Waals surface area contributed by atoms with Crippen molar-refractivity contribution in [2.24, 2.45) is 5.92 Å². The van der Waals surface area contributed by atoms with Gasteiger partial charge in [0.15, 0.2) is 0 Å². The van der Waals surface area contributed by atoms with Crippen molar-refractivity contribution >= 4 is 11.6 Å². The Bertz CT molecular complexity index is 456. The van der Waals surface area contributed by atoms with Crippen LogP contribution in [0.2, 0.25) is 0 Å². The van der Waals surface area contributed by atoms with Crippen LogP contribution in [0.3, 0.4) is 0 Å². The maximum atomic E-state index is 12.3. The van der Waals surface area contributed by atoms with E-state index in [4.69, 9.17) is 0 Å². The highest BCUT2D eigenvalue weighted by Gasteiger charge is 2.26. The molecule has 1 fully saturated rings. The van der Waals surface area contributed by atoms with E-state index in [0.717, 1.165) is 30.6 Å². The lowest BCUT2D eigenvalue weighted by molar-refractivity contribution is -0.119. The monoisotopic (exact) mass is 260 g/mol. The number of carbonyl (C=O) groups is 1. The molecule has 1 heterocycles. The molecule has 0 aliphatic carbocycles. The van der Waals surface area contributed by atoms with Gasteiger partial charge in [0, 0.05) is 5.69 Å². The molecule has 1 aliphatic heterocycles. The summed E-state index contributed by atoms with van der Waals surface area (Å²) < 4.78 is 0. The molecule has 1 saturated heterocycles. The molecule has 0 aromatic heterocycles. The van der Waals surface area contributed by atoms with E-state index in [1.165, 1.54) is 12.0 Å². The van der Waals surface area contributed by atoms with Gasteiger partial charge in [-0.25, -0.2) is 0 Å². The van der Waals surface area contributed by atoms with E-state index < -0.39 is 0 Å². The first-order chi connectivity index (χ1) is 9.10. The Morgan fingerprint density at radius 2 is 2.21 bits per heavy atom. The highest BCUT2D eigenvalue weighted by Crippen LogP contribution is 2.21. The number of carbonyl (C=O) groups excluding carboxylic acids is 1. The van der Waals surface area contributed by atoms with E-state index in [1.807, 2.05) is 26.0 Å². The molecule has 1 aromatic carbocycles. The first-order valence-corrected chi connectivity index (χ1v) is 7.21. The Kier molecular flexibility index (Phi) is 4.59. The van der Waals surface area contributed by atoms with Gasteiger partial charge >= 0.3 is 0 Å². The fraction of sp³-hybridized carbons (Fsp3) is 0.562. The average Bonchev–Trinajstić information content (AvgIpc) is 2.43. The van der Waals surface area contributed by atoms with Crippen LogP contribution in [0.1, 0.15) is 37.3 Å². The minimum Gasteiger partial charge on any atom is -0.324 e. The van der Waals surface area contributed by atoms with Gasteiger partial charge in [-0.3, -0.25) is 4.79 Å². The summed E-state index contributed by atoms with van der Waals surface area (Å²) in [5, 5.41) is 6.39. The third-order valence-corrected chi connectivity index (χ3v) is 4.06. The molecular weight excluding hydrogens is 236 g/mol. The van der Waals surface area contributed by atoms with E-state index in [-0.39, 0.29) is 11.9 Å². The van der Waals surface area contributed by atoms with Crippen molar-refractivity contribution in [3.8, 4) is 0 Å². The maximum absolute atomic E-state index is 12.3. The van der Waals surface area contributed by atoms with E-state index >= 15 is 0 Å². The van der Waals surface area contributed by atoms with Gasteiger partial charge in [-0.2, -0.15) is 0 Å². The fourth-order valence-corrected chi connectivity index (χ4v) is 2.66. The molecule has 0 saturated carbocycles. The van der Waals surface area contributed by atoms with Crippen molar-refractivity contribution in [1.82, 2.24) is 5.32 Å². The van der Waals surface area contributed by atoms with Crippen molar-refractivity contribution in [1.29, 1.82) is 0 Å². The van der Waals surface area contributed by atoms with Crippen molar-refractivity contribution in [2.45, 2.75) is 46.1 Å². The zero-order valence-corrected chi connectivity index (χ0v) is 12.1. The second-order valence-electron chi connectivity index (χ2n) is 5.61. The lowest BCUT2D eigenvalue weighted by Gasteiger charge is -2.29. The van der Waals surface area contributed by atoms with E-state index in [0.29, 0.717) is 5.92 Å². The first kappa shape index (κ1) is 14.1. The van der Waals surface area contributed by atoms with E-state index in [1.54, 1.807) is 0 Å². The van der Waals surface area contributed by atoms with Gasteiger partial charge in [-0.1, -0.05) is 25.5 Å². The molecular formula is C16H24N2O.